The summed E-state index contributed by atoms with van der Waals surface area (Å²) in [6.07, 6.45) is 1.37. The van der Waals surface area contributed by atoms with Crippen LogP contribution in [0.1, 0.15) is 40.5 Å². The molecule has 0 bridgehead atoms. The molecule has 96 valence electrons. The molecule has 0 spiro atoms. The number of amides is 1. The first kappa shape index (κ1) is 15.4. The molecule has 0 aliphatic rings. The van der Waals surface area contributed by atoms with Crippen LogP contribution >= 0.6 is 0 Å². The molecule has 0 aliphatic carbocycles. The van der Waals surface area contributed by atoms with Gasteiger partial charge >= 0.3 is 0 Å². The zero-order valence-corrected chi connectivity index (χ0v) is 11.2. The second-order valence-electron chi connectivity index (χ2n) is 5.56. The predicted octanol–water partition coefficient (Wildman–Crippen LogP) is 0.899. The number of carbonyl (C=O) groups is 1. The van der Waals surface area contributed by atoms with Gasteiger partial charge in [-0.25, -0.2) is 0 Å². The SMILES string of the molecule is CNCCC(C)(C)C(=O)NCCC(C)(C)O. The fraction of sp³-hybridized carbons (Fsp3) is 0.917. The van der Waals surface area contributed by atoms with Crippen LogP contribution in [-0.4, -0.2) is 36.8 Å². The molecular formula is C12H26N2O2. The summed E-state index contributed by atoms with van der Waals surface area (Å²) >= 11 is 0. The molecule has 0 rings (SSSR count). The summed E-state index contributed by atoms with van der Waals surface area (Å²) in [6, 6.07) is 0. The number of carbonyl (C=O) groups excluding carboxylic acids is 1. The van der Waals surface area contributed by atoms with E-state index in [1.165, 1.54) is 0 Å². The van der Waals surface area contributed by atoms with Crippen molar-refractivity contribution in [2.24, 2.45) is 5.41 Å². The predicted molar refractivity (Wildman–Crippen MR) is 66.2 cm³/mol. The number of hydrogen-bond donors (Lipinski definition) is 3. The highest BCUT2D eigenvalue weighted by molar-refractivity contribution is 5.81. The Morgan fingerprint density at radius 3 is 2.12 bits per heavy atom. The van der Waals surface area contributed by atoms with Crippen LogP contribution in [0.5, 0.6) is 0 Å². The molecule has 1 amide bonds. The Kier molecular flexibility index (Phi) is 5.97. The average molecular weight is 230 g/mol. The van der Waals surface area contributed by atoms with Crippen LogP contribution in [0.2, 0.25) is 0 Å². The quantitative estimate of drug-likeness (QED) is 0.609. The van der Waals surface area contributed by atoms with Crippen molar-refractivity contribution in [2.75, 3.05) is 20.1 Å². The summed E-state index contributed by atoms with van der Waals surface area (Å²) in [5.74, 6) is 0.0481. The smallest absolute Gasteiger partial charge is 0.225 e. The largest absolute Gasteiger partial charge is 0.390 e. The number of hydrogen-bond acceptors (Lipinski definition) is 3. The molecule has 0 aromatic rings. The molecule has 0 saturated heterocycles. The van der Waals surface area contributed by atoms with Crippen LogP contribution in [0, 0.1) is 5.41 Å². The highest BCUT2D eigenvalue weighted by Crippen LogP contribution is 2.19. The van der Waals surface area contributed by atoms with E-state index < -0.39 is 5.60 Å². The van der Waals surface area contributed by atoms with Gasteiger partial charge < -0.3 is 15.7 Å². The second-order valence-corrected chi connectivity index (χ2v) is 5.56. The molecule has 0 unspecified atom stereocenters. The second kappa shape index (κ2) is 6.21. The van der Waals surface area contributed by atoms with Gasteiger partial charge in [-0.2, -0.15) is 0 Å². The fourth-order valence-electron chi connectivity index (χ4n) is 1.27. The van der Waals surface area contributed by atoms with Gasteiger partial charge in [0.2, 0.25) is 5.91 Å². The molecule has 0 atom stereocenters. The molecule has 0 radical (unpaired) electrons. The summed E-state index contributed by atoms with van der Waals surface area (Å²) in [7, 11) is 1.88. The van der Waals surface area contributed by atoms with E-state index in [1.807, 2.05) is 20.9 Å². The summed E-state index contributed by atoms with van der Waals surface area (Å²) in [4.78, 5) is 11.8. The zero-order chi connectivity index (χ0) is 12.8. The normalized spacial score (nSPS) is 12.6. The third kappa shape index (κ3) is 6.80. The van der Waals surface area contributed by atoms with Crippen LogP contribution in [-0.2, 0) is 4.79 Å². The maximum absolute atomic E-state index is 11.8. The minimum Gasteiger partial charge on any atom is -0.390 e. The van der Waals surface area contributed by atoms with Gasteiger partial charge in [0.05, 0.1) is 5.60 Å². The van der Waals surface area contributed by atoms with Gasteiger partial charge in [0, 0.05) is 12.0 Å². The number of aliphatic hydroxyl groups is 1. The molecule has 0 aromatic heterocycles. The van der Waals surface area contributed by atoms with E-state index in [4.69, 9.17) is 0 Å². The molecule has 4 heteroatoms. The van der Waals surface area contributed by atoms with E-state index in [-0.39, 0.29) is 11.3 Å². The maximum atomic E-state index is 11.8. The van der Waals surface area contributed by atoms with Crippen molar-refractivity contribution in [1.29, 1.82) is 0 Å². The molecular weight excluding hydrogens is 204 g/mol. The van der Waals surface area contributed by atoms with E-state index in [0.29, 0.717) is 13.0 Å². The van der Waals surface area contributed by atoms with Gasteiger partial charge in [-0.1, -0.05) is 13.8 Å². The standard InChI is InChI=1S/C12H26N2O2/c1-11(2,6-8-13-5)10(15)14-9-7-12(3,4)16/h13,16H,6-9H2,1-5H3,(H,14,15). The first-order valence-corrected chi connectivity index (χ1v) is 5.84. The first-order chi connectivity index (χ1) is 7.19. The Hall–Kier alpha value is -0.610. The van der Waals surface area contributed by atoms with Crippen molar-refractivity contribution in [3.63, 3.8) is 0 Å². The third-order valence-electron chi connectivity index (χ3n) is 2.64. The molecule has 0 saturated carbocycles. The maximum Gasteiger partial charge on any atom is 0.225 e. The summed E-state index contributed by atoms with van der Waals surface area (Å²) in [5, 5.41) is 15.4. The van der Waals surface area contributed by atoms with Crippen LogP contribution in [0.3, 0.4) is 0 Å². The lowest BCUT2D eigenvalue weighted by Gasteiger charge is -2.24. The highest BCUT2D eigenvalue weighted by Gasteiger charge is 2.26. The lowest BCUT2D eigenvalue weighted by Crippen LogP contribution is -2.40. The van der Waals surface area contributed by atoms with Crippen molar-refractivity contribution in [1.82, 2.24) is 10.6 Å². The van der Waals surface area contributed by atoms with Gasteiger partial charge in [-0.05, 0) is 40.3 Å². The Morgan fingerprint density at radius 2 is 1.69 bits per heavy atom. The molecule has 0 aliphatic heterocycles. The Labute approximate surface area is 98.8 Å². The van der Waals surface area contributed by atoms with Crippen molar-refractivity contribution in [2.45, 2.75) is 46.1 Å². The van der Waals surface area contributed by atoms with E-state index >= 15 is 0 Å². The zero-order valence-electron chi connectivity index (χ0n) is 11.2. The van der Waals surface area contributed by atoms with Crippen molar-refractivity contribution in [3.05, 3.63) is 0 Å². The van der Waals surface area contributed by atoms with Crippen molar-refractivity contribution < 1.29 is 9.90 Å². The molecule has 0 heterocycles. The Bertz CT molecular complexity index is 220. The first-order valence-electron chi connectivity index (χ1n) is 5.84. The summed E-state index contributed by atoms with van der Waals surface area (Å²) in [5.41, 5.74) is -1.08. The summed E-state index contributed by atoms with van der Waals surface area (Å²) in [6.45, 7) is 8.70. The summed E-state index contributed by atoms with van der Waals surface area (Å²) < 4.78 is 0. The minimum atomic E-state index is -0.720. The van der Waals surface area contributed by atoms with E-state index in [2.05, 4.69) is 10.6 Å². The highest BCUT2D eigenvalue weighted by atomic mass is 16.3. The third-order valence-corrected chi connectivity index (χ3v) is 2.64. The molecule has 4 nitrogen and oxygen atoms in total. The molecule has 0 aromatic carbocycles. The van der Waals surface area contributed by atoms with Crippen LogP contribution < -0.4 is 10.6 Å². The topological polar surface area (TPSA) is 61.4 Å². The van der Waals surface area contributed by atoms with Gasteiger partial charge in [0.25, 0.3) is 0 Å². The lowest BCUT2D eigenvalue weighted by molar-refractivity contribution is -0.129. The van der Waals surface area contributed by atoms with Crippen LogP contribution in [0.4, 0.5) is 0 Å². The van der Waals surface area contributed by atoms with Crippen molar-refractivity contribution >= 4 is 5.91 Å². The van der Waals surface area contributed by atoms with E-state index in [0.717, 1.165) is 13.0 Å². The van der Waals surface area contributed by atoms with Gasteiger partial charge in [0.1, 0.15) is 0 Å². The minimum absolute atomic E-state index is 0.0481. The fourth-order valence-corrected chi connectivity index (χ4v) is 1.27. The van der Waals surface area contributed by atoms with E-state index in [9.17, 15) is 9.90 Å². The number of rotatable bonds is 7. The monoisotopic (exact) mass is 230 g/mol. The molecule has 16 heavy (non-hydrogen) atoms. The lowest BCUT2D eigenvalue weighted by atomic mass is 9.88. The Balaban J connectivity index is 3.95. The van der Waals surface area contributed by atoms with Crippen LogP contribution in [0.15, 0.2) is 0 Å². The number of nitrogens with one attached hydrogen (secondary N) is 2. The van der Waals surface area contributed by atoms with E-state index in [1.54, 1.807) is 13.8 Å². The van der Waals surface area contributed by atoms with Gasteiger partial charge in [-0.15, -0.1) is 0 Å². The van der Waals surface area contributed by atoms with Gasteiger partial charge in [-0.3, -0.25) is 4.79 Å². The Morgan fingerprint density at radius 1 is 1.12 bits per heavy atom. The molecule has 3 N–H and O–H groups in total. The average Bonchev–Trinajstić information content (AvgIpc) is 2.12. The van der Waals surface area contributed by atoms with Crippen LogP contribution in [0.25, 0.3) is 0 Å². The molecule has 0 fully saturated rings. The van der Waals surface area contributed by atoms with Gasteiger partial charge in [0.15, 0.2) is 0 Å². The van der Waals surface area contributed by atoms with Crippen molar-refractivity contribution in [3.8, 4) is 0 Å².